The smallest absolute Gasteiger partial charge is 0.0908 e. The minimum atomic E-state index is 0. The highest BCUT2D eigenvalue weighted by molar-refractivity contribution is 5.86. The topological polar surface area (TPSA) is 29.9 Å². The van der Waals surface area contributed by atoms with Crippen molar-refractivity contribution in [3.05, 3.63) is 65.6 Å². The van der Waals surface area contributed by atoms with Crippen molar-refractivity contribution >= 4 is 23.3 Å². The van der Waals surface area contributed by atoms with Gasteiger partial charge in [0.15, 0.2) is 0 Å². The summed E-state index contributed by atoms with van der Waals surface area (Å²) in [6, 6.07) is 15.0. The first-order chi connectivity index (χ1) is 9.86. The average Bonchev–Trinajstić information content (AvgIpc) is 2.82. The molecule has 1 unspecified atom stereocenters. The van der Waals surface area contributed by atoms with Crippen LogP contribution in [0.15, 0.2) is 48.7 Å². The number of nitrogens with one attached hydrogen (secondary N) is 1. The zero-order chi connectivity index (χ0) is 13.5. The van der Waals surface area contributed by atoms with Crippen molar-refractivity contribution in [2.45, 2.75) is 12.5 Å². The first kappa shape index (κ1) is 14.1. The van der Waals surface area contributed by atoms with Crippen molar-refractivity contribution in [3.63, 3.8) is 0 Å². The van der Waals surface area contributed by atoms with Gasteiger partial charge in [-0.25, -0.2) is 0 Å². The van der Waals surface area contributed by atoms with Gasteiger partial charge in [0.2, 0.25) is 0 Å². The van der Waals surface area contributed by atoms with Gasteiger partial charge in [0, 0.05) is 36.4 Å². The molecule has 0 amide bonds. The van der Waals surface area contributed by atoms with Crippen LogP contribution in [0.1, 0.15) is 23.0 Å². The van der Waals surface area contributed by atoms with Crippen molar-refractivity contribution in [1.82, 2.24) is 14.9 Å². The summed E-state index contributed by atoms with van der Waals surface area (Å²) in [5, 5.41) is 4.99. The first-order valence-corrected chi connectivity index (χ1v) is 7.07. The van der Waals surface area contributed by atoms with E-state index in [-0.39, 0.29) is 18.4 Å². The number of aryl methyl sites for hydroxylation is 1. The molecule has 0 saturated heterocycles. The molecule has 0 bridgehead atoms. The summed E-state index contributed by atoms with van der Waals surface area (Å²) in [7, 11) is 2.16. The third-order valence-electron chi connectivity index (χ3n) is 4.24. The molecule has 0 aliphatic carbocycles. The summed E-state index contributed by atoms with van der Waals surface area (Å²) >= 11 is 0. The SMILES string of the molecule is Cl.Cn1c2c(c3ccccc31)CCNC2c1ccccn1. The predicted octanol–water partition coefficient (Wildman–Crippen LogP) is 3.23. The molecule has 1 N–H and O–H groups in total. The number of nitrogens with zero attached hydrogens (tertiary/aromatic N) is 2. The normalized spacial score (nSPS) is 17.3. The van der Waals surface area contributed by atoms with Crippen LogP contribution in [0.5, 0.6) is 0 Å². The summed E-state index contributed by atoms with van der Waals surface area (Å²) in [4.78, 5) is 4.54. The Hall–Kier alpha value is -1.84. The molecule has 3 aromatic rings. The zero-order valence-electron chi connectivity index (χ0n) is 11.9. The molecule has 2 aromatic heterocycles. The average molecular weight is 300 g/mol. The Balaban J connectivity index is 0.00000132. The number of rotatable bonds is 1. The molecule has 0 spiro atoms. The van der Waals surface area contributed by atoms with E-state index in [0.717, 1.165) is 18.7 Å². The molecule has 3 heterocycles. The number of halogens is 1. The Morgan fingerprint density at radius 3 is 2.76 bits per heavy atom. The molecular formula is C17H18ClN3. The van der Waals surface area contributed by atoms with Crippen LogP contribution in [0.4, 0.5) is 0 Å². The standard InChI is InChI=1S/C17H17N3.ClH/c1-20-15-8-3-2-6-12(15)13-9-11-19-16(17(13)20)14-7-4-5-10-18-14;/h2-8,10,16,19H,9,11H2,1H3;1H. The molecule has 0 radical (unpaired) electrons. The van der Waals surface area contributed by atoms with Crippen molar-refractivity contribution in [3.8, 4) is 0 Å². The molecule has 4 heteroatoms. The molecule has 0 saturated carbocycles. The van der Waals surface area contributed by atoms with Crippen molar-refractivity contribution in [1.29, 1.82) is 0 Å². The Labute approximate surface area is 130 Å². The van der Waals surface area contributed by atoms with E-state index < -0.39 is 0 Å². The Bertz CT molecular complexity index is 764. The summed E-state index contributed by atoms with van der Waals surface area (Å²) in [5.74, 6) is 0. The van der Waals surface area contributed by atoms with Gasteiger partial charge in [-0.3, -0.25) is 4.98 Å². The maximum absolute atomic E-state index is 4.54. The molecule has 1 aliphatic heterocycles. The fraction of sp³-hybridized carbons (Fsp3) is 0.235. The van der Waals surface area contributed by atoms with Crippen LogP contribution in [0, 0.1) is 0 Å². The van der Waals surface area contributed by atoms with E-state index in [1.807, 2.05) is 12.3 Å². The molecule has 3 nitrogen and oxygen atoms in total. The van der Waals surface area contributed by atoms with Gasteiger partial charge in [0.25, 0.3) is 0 Å². The number of hydrogen-bond acceptors (Lipinski definition) is 2. The second-order valence-electron chi connectivity index (χ2n) is 5.33. The molecule has 1 aliphatic rings. The molecule has 1 atom stereocenters. The van der Waals surface area contributed by atoms with Gasteiger partial charge < -0.3 is 9.88 Å². The maximum atomic E-state index is 4.54. The van der Waals surface area contributed by atoms with Crippen molar-refractivity contribution in [2.24, 2.45) is 7.05 Å². The highest BCUT2D eigenvalue weighted by Crippen LogP contribution is 2.34. The Morgan fingerprint density at radius 1 is 1.14 bits per heavy atom. The third kappa shape index (κ3) is 2.13. The van der Waals surface area contributed by atoms with Crippen LogP contribution >= 0.6 is 12.4 Å². The minimum absolute atomic E-state index is 0. The number of fused-ring (bicyclic) bond motifs is 3. The van der Waals surface area contributed by atoms with E-state index in [1.165, 1.54) is 22.2 Å². The fourth-order valence-corrected chi connectivity index (χ4v) is 3.35. The summed E-state index contributed by atoms with van der Waals surface area (Å²) in [5.41, 5.74) is 5.23. The Morgan fingerprint density at radius 2 is 1.95 bits per heavy atom. The zero-order valence-corrected chi connectivity index (χ0v) is 12.7. The fourth-order valence-electron chi connectivity index (χ4n) is 3.35. The minimum Gasteiger partial charge on any atom is -0.346 e. The lowest BCUT2D eigenvalue weighted by atomic mass is 9.97. The van der Waals surface area contributed by atoms with Crippen LogP contribution in [0.2, 0.25) is 0 Å². The van der Waals surface area contributed by atoms with Gasteiger partial charge >= 0.3 is 0 Å². The highest BCUT2D eigenvalue weighted by atomic mass is 35.5. The lowest BCUT2D eigenvalue weighted by molar-refractivity contribution is 0.531. The molecular weight excluding hydrogens is 282 g/mol. The number of benzene rings is 1. The monoisotopic (exact) mass is 299 g/mol. The third-order valence-corrected chi connectivity index (χ3v) is 4.24. The van der Waals surface area contributed by atoms with Crippen molar-refractivity contribution in [2.75, 3.05) is 6.54 Å². The van der Waals surface area contributed by atoms with Crippen LogP contribution in [0.3, 0.4) is 0 Å². The maximum Gasteiger partial charge on any atom is 0.0908 e. The van der Waals surface area contributed by atoms with Gasteiger partial charge in [0.1, 0.15) is 0 Å². The number of aromatic nitrogens is 2. The molecule has 21 heavy (non-hydrogen) atoms. The van der Waals surface area contributed by atoms with Gasteiger partial charge in [-0.2, -0.15) is 0 Å². The largest absolute Gasteiger partial charge is 0.346 e. The van der Waals surface area contributed by atoms with Gasteiger partial charge in [-0.15, -0.1) is 12.4 Å². The van der Waals surface area contributed by atoms with Crippen molar-refractivity contribution < 1.29 is 0 Å². The van der Waals surface area contributed by atoms with Crippen LogP contribution in [0.25, 0.3) is 10.9 Å². The molecule has 4 rings (SSSR count). The van der Waals surface area contributed by atoms with E-state index in [0.29, 0.717) is 0 Å². The van der Waals surface area contributed by atoms with Crippen LogP contribution in [-0.2, 0) is 13.5 Å². The van der Waals surface area contributed by atoms with Gasteiger partial charge in [0.05, 0.1) is 11.7 Å². The van der Waals surface area contributed by atoms with Crippen LogP contribution < -0.4 is 5.32 Å². The van der Waals surface area contributed by atoms with Gasteiger partial charge in [-0.1, -0.05) is 24.3 Å². The lowest BCUT2D eigenvalue weighted by Gasteiger charge is -2.25. The number of para-hydroxylation sites is 1. The van der Waals surface area contributed by atoms with E-state index in [4.69, 9.17) is 0 Å². The molecule has 108 valence electrons. The lowest BCUT2D eigenvalue weighted by Crippen LogP contribution is -2.32. The van der Waals surface area contributed by atoms with Gasteiger partial charge in [-0.05, 0) is 30.2 Å². The molecule has 0 fully saturated rings. The second kappa shape index (κ2) is 5.51. The highest BCUT2D eigenvalue weighted by Gasteiger charge is 2.27. The van der Waals surface area contributed by atoms with E-state index in [2.05, 4.69) is 58.3 Å². The summed E-state index contributed by atoms with van der Waals surface area (Å²) < 4.78 is 2.32. The summed E-state index contributed by atoms with van der Waals surface area (Å²) in [6.07, 6.45) is 2.95. The predicted molar refractivity (Wildman–Crippen MR) is 88.0 cm³/mol. The van der Waals surface area contributed by atoms with Crippen LogP contribution in [-0.4, -0.2) is 16.1 Å². The summed E-state index contributed by atoms with van der Waals surface area (Å²) in [6.45, 7) is 1.00. The second-order valence-corrected chi connectivity index (χ2v) is 5.33. The Kier molecular flexibility index (Phi) is 3.70. The van der Waals surface area contributed by atoms with E-state index in [1.54, 1.807) is 0 Å². The number of pyridine rings is 1. The van der Waals surface area contributed by atoms with E-state index >= 15 is 0 Å². The first-order valence-electron chi connectivity index (χ1n) is 7.07. The number of hydrogen-bond donors (Lipinski definition) is 1. The molecule has 1 aromatic carbocycles. The van der Waals surface area contributed by atoms with E-state index in [9.17, 15) is 0 Å². The quantitative estimate of drug-likeness (QED) is 0.747.